The van der Waals surface area contributed by atoms with E-state index < -0.39 is 0 Å². The van der Waals surface area contributed by atoms with Crippen LogP contribution in [0.15, 0.2) is 6.20 Å². The zero-order valence-electron chi connectivity index (χ0n) is 14.0. The predicted molar refractivity (Wildman–Crippen MR) is 84.8 cm³/mol. The van der Waals surface area contributed by atoms with Crippen LogP contribution in [-0.2, 0) is 9.31 Å². The van der Waals surface area contributed by atoms with Gasteiger partial charge in [-0.05, 0) is 47.5 Å². The highest BCUT2D eigenvalue weighted by Crippen LogP contribution is 2.37. The van der Waals surface area contributed by atoms with E-state index in [1.165, 1.54) is 37.8 Å². The second kappa shape index (κ2) is 5.13. The lowest BCUT2D eigenvalue weighted by atomic mass is 9.79. The van der Waals surface area contributed by atoms with Crippen LogP contribution in [0.2, 0.25) is 0 Å². The van der Waals surface area contributed by atoms with Crippen LogP contribution in [0.5, 0.6) is 0 Å². The summed E-state index contributed by atoms with van der Waals surface area (Å²) >= 11 is 0. The monoisotopic (exact) mass is 290 g/mol. The minimum atomic E-state index is -0.299. The number of hydrogen-bond donors (Lipinski definition) is 0. The van der Waals surface area contributed by atoms with Crippen LogP contribution >= 0.6 is 0 Å². The van der Waals surface area contributed by atoms with Crippen LogP contribution < -0.4 is 5.46 Å². The molecule has 5 heteroatoms. The second-order valence-corrected chi connectivity index (χ2v) is 7.51. The smallest absolute Gasteiger partial charge is 0.399 e. The predicted octanol–water partition coefficient (Wildman–Crippen LogP) is 3.00. The van der Waals surface area contributed by atoms with Crippen molar-refractivity contribution >= 4 is 12.6 Å². The fourth-order valence-electron chi connectivity index (χ4n) is 3.33. The van der Waals surface area contributed by atoms with E-state index in [-0.39, 0.29) is 18.3 Å². The normalized spacial score (nSPS) is 25.5. The summed E-state index contributed by atoms with van der Waals surface area (Å²) in [5, 5.41) is 4.64. The highest BCUT2D eigenvalue weighted by atomic mass is 16.7. The lowest BCUT2D eigenvalue weighted by Crippen LogP contribution is -2.41. The first kappa shape index (κ1) is 15.1. The van der Waals surface area contributed by atoms with Crippen molar-refractivity contribution in [2.75, 3.05) is 0 Å². The molecule has 0 spiro atoms. The maximum Gasteiger partial charge on any atom is 0.498 e. The maximum absolute atomic E-state index is 6.16. The Balaban J connectivity index is 1.83. The Morgan fingerprint density at radius 3 is 2.24 bits per heavy atom. The van der Waals surface area contributed by atoms with E-state index in [1.807, 2.05) is 6.20 Å². The van der Waals surface area contributed by atoms with E-state index in [1.54, 1.807) is 0 Å². The van der Waals surface area contributed by atoms with Crippen molar-refractivity contribution in [3.8, 4) is 0 Å². The second-order valence-electron chi connectivity index (χ2n) is 7.51. The van der Waals surface area contributed by atoms with Gasteiger partial charge in [0, 0.05) is 17.4 Å². The summed E-state index contributed by atoms with van der Waals surface area (Å²) in [7, 11) is -0.299. The topological polar surface area (TPSA) is 36.3 Å². The molecule has 1 aliphatic carbocycles. The largest absolute Gasteiger partial charge is 0.498 e. The van der Waals surface area contributed by atoms with Gasteiger partial charge in [0.05, 0.1) is 17.2 Å². The molecule has 0 amide bonds. The fourth-order valence-corrected chi connectivity index (χ4v) is 3.33. The van der Waals surface area contributed by atoms with Gasteiger partial charge < -0.3 is 9.31 Å². The molecule has 0 atom stereocenters. The Kier molecular flexibility index (Phi) is 3.69. The number of nitrogens with zero attached hydrogens (tertiary/aromatic N) is 2. The van der Waals surface area contributed by atoms with Gasteiger partial charge in [-0.1, -0.05) is 19.3 Å². The molecule has 2 heterocycles. The van der Waals surface area contributed by atoms with Crippen LogP contribution in [0.25, 0.3) is 0 Å². The molecule has 1 aromatic rings. The van der Waals surface area contributed by atoms with E-state index in [0.29, 0.717) is 6.04 Å². The van der Waals surface area contributed by atoms with E-state index in [2.05, 4.69) is 44.4 Å². The Hall–Kier alpha value is -0.805. The zero-order valence-corrected chi connectivity index (χ0v) is 14.0. The van der Waals surface area contributed by atoms with Crippen LogP contribution in [-0.4, -0.2) is 28.1 Å². The van der Waals surface area contributed by atoms with E-state index in [4.69, 9.17) is 9.31 Å². The number of hydrogen-bond acceptors (Lipinski definition) is 3. The van der Waals surface area contributed by atoms with E-state index in [0.717, 1.165) is 5.46 Å². The quantitative estimate of drug-likeness (QED) is 0.786. The third kappa shape index (κ3) is 2.55. The highest BCUT2D eigenvalue weighted by molar-refractivity contribution is 6.62. The lowest BCUT2D eigenvalue weighted by Gasteiger charge is -2.32. The minimum Gasteiger partial charge on any atom is -0.399 e. The molecular formula is C16H27BN2O2. The van der Waals surface area contributed by atoms with Gasteiger partial charge in [0.2, 0.25) is 0 Å². The van der Waals surface area contributed by atoms with Crippen molar-refractivity contribution in [3.63, 3.8) is 0 Å². The molecule has 1 saturated carbocycles. The molecule has 1 aromatic heterocycles. The van der Waals surface area contributed by atoms with Gasteiger partial charge in [0.25, 0.3) is 0 Å². The summed E-state index contributed by atoms with van der Waals surface area (Å²) < 4.78 is 14.5. The van der Waals surface area contributed by atoms with Crippen LogP contribution in [0.4, 0.5) is 0 Å². The molecule has 2 fully saturated rings. The van der Waals surface area contributed by atoms with Gasteiger partial charge >= 0.3 is 7.12 Å². The average Bonchev–Trinajstić information content (AvgIpc) is 2.89. The molecule has 0 radical (unpaired) electrons. The Labute approximate surface area is 128 Å². The van der Waals surface area contributed by atoms with E-state index >= 15 is 0 Å². The SMILES string of the molecule is Cc1c(B2OC(C)(C)C(C)(C)O2)cnn1C1CCCCC1. The van der Waals surface area contributed by atoms with Crippen LogP contribution in [0.3, 0.4) is 0 Å². The van der Waals surface area contributed by atoms with E-state index in [9.17, 15) is 0 Å². The summed E-state index contributed by atoms with van der Waals surface area (Å²) in [5.74, 6) is 0. The summed E-state index contributed by atoms with van der Waals surface area (Å²) in [6, 6.07) is 0.551. The summed E-state index contributed by atoms with van der Waals surface area (Å²) in [6.45, 7) is 10.5. The molecule has 21 heavy (non-hydrogen) atoms. The van der Waals surface area contributed by atoms with Gasteiger partial charge in [0.15, 0.2) is 0 Å². The van der Waals surface area contributed by atoms with Crippen LogP contribution in [0, 0.1) is 6.92 Å². The maximum atomic E-state index is 6.16. The standard InChI is InChI=1S/C16H27BN2O2/c1-12-14(17-20-15(2,3)16(4,5)21-17)11-18-19(12)13-9-7-6-8-10-13/h11,13H,6-10H2,1-5H3. The molecule has 1 saturated heterocycles. The lowest BCUT2D eigenvalue weighted by molar-refractivity contribution is 0.00578. The van der Waals surface area contributed by atoms with Crippen molar-refractivity contribution in [1.82, 2.24) is 9.78 Å². The van der Waals surface area contributed by atoms with Crippen molar-refractivity contribution in [3.05, 3.63) is 11.9 Å². The van der Waals surface area contributed by atoms with Gasteiger partial charge in [-0.2, -0.15) is 5.10 Å². The molecule has 3 rings (SSSR count). The third-order valence-electron chi connectivity index (χ3n) is 5.51. The minimum absolute atomic E-state index is 0.295. The summed E-state index contributed by atoms with van der Waals surface area (Å²) in [4.78, 5) is 0. The first-order valence-corrected chi connectivity index (χ1v) is 8.21. The molecule has 0 aromatic carbocycles. The van der Waals surface area contributed by atoms with Crippen molar-refractivity contribution < 1.29 is 9.31 Å². The van der Waals surface area contributed by atoms with Gasteiger partial charge in [-0.25, -0.2) is 0 Å². The van der Waals surface area contributed by atoms with Crippen molar-refractivity contribution in [2.45, 2.75) is 84.0 Å². The molecular weight excluding hydrogens is 263 g/mol. The van der Waals surface area contributed by atoms with Crippen molar-refractivity contribution in [2.24, 2.45) is 0 Å². The first-order chi connectivity index (χ1) is 9.82. The Morgan fingerprint density at radius 1 is 1.10 bits per heavy atom. The fraction of sp³-hybridized carbons (Fsp3) is 0.812. The third-order valence-corrected chi connectivity index (χ3v) is 5.51. The van der Waals surface area contributed by atoms with Gasteiger partial charge in [-0.15, -0.1) is 0 Å². The zero-order chi connectivity index (χ0) is 15.3. The molecule has 4 nitrogen and oxygen atoms in total. The molecule has 0 unspecified atom stereocenters. The molecule has 1 aliphatic heterocycles. The molecule has 0 bridgehead atoms. The first-order valence-electron chi connectivity index (χ1n) is 8.21. The summed E-state index contributed by atoms with van der Waals surface area (Å²) in [5.41, 5.74) is 1.69. The molecule has 2 aliphatic rings. The van der Waals surface area contributed by atoms with Crippen molar-refractivity contribution in [1.29, 1.82) is 0 Å². The highest BCUT2D eigenvalue weighted by Gasteiger charge is 2.52. The average molecular weight is 290 g/mol. The number of rotatable bonds is 2. The number of aromatic nitrogens is 2. The van der Waals surface area contributed by atoms with Crippen LogP contribution in [0.1, 0.15) is 71.5 Å². The van der Waals surface area contributed by atoms with Gasteiger partial charge in [-0.3, -0.25) is 4.68 Å². The summed E-state index contributed by atoms with van der Waals surface area (Å²) in [6.07, 6.45) is 8.41. The molecule has 0 N–H and O–H groups in total. The van der Waals surface area contributed by atoms with Gasteiger partial charge in [0.1, 0.15) is 0 Å². The molecule has 116 valence electrons. The Morgan fingerprint density at radius 2 is 1.67 bits per heavy atom. The Bertz CT molecular complexity index is 502.